The van der Waals surface area contributed by atoms with Crippen LogP contribution in [0.5, 0.6) is 5.75 Å². The number of fused-ring (bicyclic) bond motifs is 1. The number of hydrogen-bond donors (Lipinski definition) is 1. The molecule has 152 valence electrons. The first kappa shape index (κ1) is 19.3. The molecule has 0 spiro atoms. The third-order valence-electron chi connectivity index (χ3n) is 5.06. The molecule has 2 aliphatic rings. The topological polar surface area (TPSA) is 77.3 Å². The molecule has 0 radical (unpaired) electrons. The molecule has 0 aromatic carbocycles. The number of aromatic nitrogens is 4. The van der Waals surface area contributed by atoms with Crippen LogP contribution in [0.25, 0.3) is 0 Å². The van der Waals surface area contributed by atoms with Gasteiger partial charge in [0.2, 0.25) is 0 Å². The Morgan fingerprint density at radius 3 is 2.89 bits per heavy atom. The number of nitrogens with one attached hydrogen (secondary N) is 1. The average Bonchev–Trinajstić information content (AvgIpc) is 3.09. The van der Waals surface area contributed by atoms with Crippen molar-refractivity contribution in [1.82, 2.24) is 25.3 Å². The molecular formula is C17H21ClF2N6O2. The molecule has 0 atom stereocenters. The summed E-state index contributed by atoms with van der Waals surface area (Å²) in [6.45, 7) is 0.0154. The Morgan fingerprint density at radius 1 is 1.36 bits per heavy atom. The van der Waals surface area contributed by atoms with Gasteiger partial charge < -0.3 is 19.7 Å². The average molecular weight is 415 g/mol. The highest BCUT2D eigenvalue weighted by molar-refractivity contribution is 6.30. The summed E-state index contributed by atoms with van der Waals surface area (Å²) in [5.41, 5.74) is 2.27. The number of halogens is 3. The van der Waals surface area contributed by atoms with E-state index in [1.54, 1.807) is 11.9 Å². The van der Waals surface area contributed by atoms with Crippen LogP contribution in [-0.2, 0) is 17.7 Å². The number of anilines is 2. The second kappa shape index (κ2) is 8.14. The predicted molar refractivity (Wildman–Crippen MR) is 98.5 cm³/mol. The number of nitrogens with zero attached hydrogens (tertiary/aromatic N) is 5. The van der Waals surface area contributed by atoms with E-state index in [2.05, 4.69) is 24.9 Å². The lowest BCUT2D eigenvalue weighted by Gasteiger charge is -2.25. The van der Waals surface area contributed by atoms with Gasteiger partial charge in [0.05, 0.1) is 6.04 Å². The minimum atomic E-state index is -3.00. The van der Waals surface area contributed by atoms with Crippen molar-refractivity contribution in [1.29, 1.82) is 0 Å². The van der Waals surface area contributed by atoms with Crippen molar-refractivity contribution in [2.24, 2.45) is 0 Å². The van der Waals surface area contributed by atoms with Crippen LogP contribution < -0.4 is 15.0 Å². The smallest absolute Gasteiger partial charge is 0.387 e. The Morgan fingerprint density at radius 2 is 2.14 bits per heavy atom. The molecule has 8 nitrogen and oxygen atoms in total. The zero-order valence-electron chi connectivity index (χ0n) is 15.4. The summed E-state index contributed by atoms with van der Waals surface area (Å²) in [4.78, 5) is 1.73. The SMILES string of the molecule is CN(c1cc(OC(F)F)c(Cl)nn1)c1nn(C2CCOCC2)c2c1CNCC2. The van der Waals surface area contributed by atoms with E-state index >= 15 is 0 Å². The zero-order chi connectivity index (χ0) is 19.7. The van der Waals surface area contributed by atoms with Gasteiger partial charge in [0.25, 0.3) is 0 Å². The first-order valence-electron chi connectivity index (χ1n) is 9.15. The maximum absolute atomic E-state index is 12.6. The van der Waals surface area contributed by atoms with Gasteiger partial charge in [0.15, 0.2) is 22.5 Å². The van der Waals surface area contributed by atoms with Crippen molar-refractivity contribution in [3.63, 3.8) is 0 Å². The van der Waals surface area contributed by atoms with Gasteiger partial charge in [-0.1, -0.05) is 11.6 Å². The molecule has 0 bridgehead atoms. The highest BCUT2D eigenvalue weighted by Gasteiger charge is 2.28. The van der Waals surface area contributed by atoms with E-state index in [9.17, 15) is 8.78 Å². The highest BCUT2D eigenvalue weighted by Crippen LogP contribution is 2.35. The summed E-state index contributed by atoms with van der Waals surface area (Å²) < 4.78 is 37.2. The van der Waals surface area contributed by atoms with Crippen molar-refractivity contribution in [2.75, 3.05) is 31.7 Å². The van der Waals surface area contributed by atoms with Crippen molar-refractivity contribution >= 4 is 23.2 Å². The largest absolute Gasteiger partial charge is 0.431 e. The van der Waals surface area contributed by atoms with E-state index in [1.165, 1.54) is 11.8 Å². The third kappa shape index (κ3) is 3.76. The predicted octanol–water partition coefficient (Wildman–Crippen LogP) is 2.69. The van der Waals surface area contributed by atoms with Gasteiger partial charge in [-0.05, 0) is 12.8 Å². The monoisotopic (exact) mass is 414 g/mol. The summed E-state index contributed by atoms with van der Waals surface area (Å²) in [5.74, 6) is 0.822. The number of alkyl halides is 2. The Kier molecular flexibility index (Phi) is 5.61. The van der Waals surface area contributed by atoms with Gasteiger partial charge >= 0.3 is 6.61 Å². The zero-order valence-corrected chi connectivity index (χ0v) is 16.1. The highest BCUT2D eigenvalue weighted by atomic mass is 35.5. The summed E-state index contributed by atoms with van der Waals surface area (Å²) >= 11 is 5.82. The standard InChI is InChI=1S/C17H21ClF2N6O2/c1-25(14-8-13(28-17(19)20)15(18)23-22-14)16-11-9-21-5-2-12(11)26(24-16)10-3-6-27-7-4-10/h8,10,17,21H,2-7,9H2,1H3. The van der Waals surface area contributed by atoms with Crippen LogP contribution in [0.15, 0.2) is 6.07 Å². The Balaban J connectivity index is 1.69. The van der Waals surface area contributed by atoms with Crippen LogP contribution in [0.1, 0.15) is 30.1 Å². The third-order valence-corrected chi connectivity index (χ3v) is 5.32. The molecule has 0 unspecified atom stereocenters. The Labute approximate surface area is 165 Å². The summed E-state index contributed by atoms with van der Waals surface area (Å²) in [6.07, 6.45) is 2.70. The molecule has 28 heavy (non-hydrogen) atoms. The van der Waals surface area contributed by atoms with Crippen LogP contribution in [0.2, 0.25) is 5.15 Å². The van der Waals surface area contributed by atoms with Crippen LogP contribution in [0.4, 0.5) is 20.4 Å². The lowest BCUT2D eigenvalue weighted by molar-refractivity contribution is -0.0500. The molecule has 11 heteroatoms. The normalized spacial score (nSPS) is 17.6. The fraction of sp³-hybridized carbons (Fsp3) is 0.588. The van der Waals surface area contributed by atoms with Crippen molar-refractivity contribution in [3.05, 3.63) is 22.5 Å². The van der Waals surface area contributed by atoms with E-state index in [4.69, 9.17) is 21.4 Å². The van der Waals surface area contributed by atoms with Gasteiger partial charge in [0.1, 0.15) is 0 Å². The minimum absolute atomic E-state index is 0.214. The Hall–Kier alpha value is -2.04. The van der Waals surface area contributed by atoms with Crippen LogP contribution in [-0.4, -0.2) is 53.4 Å². The molecule has 1 fully saturated rings. The quantitative estimate of drug-likeness (QED) is 0.805. The molecule has 2 aromatic rings. The van der Waals surface area contributed by atoms with E-state index in [-0.39, 0.29) is 16.9 Å². The fourth-order valence-electron chi connectivity index (χ4n) is 3.66. The van der Waals surface area contributed by atoms with Crippen molar-refractivity contribution < 1.29 is 18.3 Å². The molecule has 2 aromatic heterocycles. The van der Waals surface area contributed by atoms with Crippen LogP contribution in [0.3, 0.4) is 0 Å². The fourth-order valence-corrected chi connectivity index (χ4v) is 3.80. The van der Waals surface area contributed by atoms with E-state index < -0.39 is 6.61 Å². The number of rotatable bonds is 5. The molecular weight excluding hydrogens is 394 g/mol. The molecule has 4 heterocycles. The molecule has 1 N–H and O–H groups in total. The minimum Gasteiger partial charge on any atom is -0.431 e. The molecule has 0 amide bonds. The van der Waals surface area contributed by atoms with Gasteiger partial charge in [-0.3, -0.25) is 4.68 Å². The first-order valence-corrected chi connectivity index (χ1v) is 9.53. The summed E-state index contributed by atoms with van der Waals surface area (Å²) in [6, 6.07) is 1.63. The molecule has 0 aliphatic carbocycles. The van der Waals surface area contributed by atoms with E-state index in [1.807, 2.05) is 0 Å². The van der Waals surface area contributed by atoms with E-state index in [0.29, 0.717) is 18.2 Å². The maximum Gasteiger partial charge on any atom is 0.387 e. The second-order valence-electron chi connectivity index (χ2n) is 6.76. The van der Waals surface area contributed by atoms with Gasteiger partial charge in [-0.15, -0.1) is 10.2 Å². The van der Waals surface area contributed by atoms with Crippen molar-refractivity contribution in [2.45, 2.75) is 38.5 Å². The second-order valence-corrected chi connectivity index (χ2v) is 7.12. The summed E-state index contributed by atoms with van der Waals surface area (Å²) in [5, 5.41) is 15.8. The maximum atomic E-state index is 12.6. The van der Waals surface area contributed by atoms with E-state index in [0.717, 1.165) is 44.6 Å². The Bertz CT molecular complexity index is 843. The lowest BCUT2D eigenvalue weighted by Crippen LogP contribution is -2.28. The number of hydrogen-bond acceptors (Lipinski definition) is 7. The summed E-state index contributed by atoms with van der Waals surface area (Å²) in [7, 11) is 1.77. The van der Waals surface area contributed by atoms with Gasteiger partial charge in [0, 0.05) is 57.1 Å². The van der Waals surface area contributed by atoms with Crippen molar-refractivity contribution in [3.8, 4) is 5.75 Å². The van der Waals surface area contributed by atoms with Gasteiger partial charge in [-0.2, -0.15) is 13.9 Å². The van der Waals surface area contributed by atoms with Gasteiger partial charge in [-0.25, -0.2) is 0 Å². The van der Waals surface area contributed by atoms with Crippen LogP contribution >= 0.6 is 11.6 Å². The number of ether oxygens (including phenoxy) is 2. The molecule has 4 rings (SSSR count). The first-order chi connectivity index (χ1) is 13.5. The van der Waals surface area contributed by atoms with Crippen LogP contribution in [0, 0.1) is 0 Å². The molecule has 1 saturated heterocycles. The molecule has 2 aliphatic heterocycles. The lowest BCUT2D eigenvalue weighted by atomic mass is 10.1. The molecule has 0 saturated carbocycles.